The fourth-order valence-electron chi connectivity index (χ4n) is 2.44. The molecule has 3 rings (SSSR count). The number of fused-ring (bicyclic) bond motifs is 1. The Kier molecular flexibility index (Phi) is 3.68. The third kappa shape index (κ3) is 2.94. The molecule has 0 fully saturated rings. The second kappa shape index (κ2) is 5.78. The molecule has 0 aliphatic heterocycles. The fraction of sp³-hybridized carbons (Fsp3) is 0.267. The van der Waals surface area contributed by atoms with E-state index in [1.54, 1.807) is 6.07 Å². The van der Waals surface area contributed by atoms with Crippen molar-refractivity contribution >= 4 is 11.8 Å². The highest BCUT2D eigenvalue weighted by Gasteiger charge is 2.25. The molecule has 6 nitrogen and oxygen atoms in total. The van der Waals surface area contributed by atoms with Crippen LogP contribution in [0.2, 0.25) is 0 Å². The fourth-order valence-corrected chi connectivity index (χ4v) is 2.44. The van der Waals surface area contributed by atoms with Crippen LogP contribution >= 0.6 is 0 Å². The molecule has 2 aromatic rings. The Labute approximate surface area is 122 Å². The molecular weight excluding hydrogens is 268 g/mol. The molecule has 2 amide bonds. The maximum absolute atomic E-state index is 11.8. The number of ether oxygens (including phenoxy) is 1. The smallest absolute Gasteiger partial charge is 0.320 e. The molecule has 1 heterocycles. The van der Waals surface area contributed by atoms with Crippen LogP contribution < -0.4 is 15.4 Å². The Morgan fingerprint density at radius 2 is 2.24 bits per heavy atom. The van der Waals surface area contributed by atoms with E-state index < -0.39 is 0 Å². The Morgan fingerprint density at radius 3 is 3.05 bits per heavy atom. The summed E-state index contributed by atoms with van der Waals surface area (Å²) >= 11 is 0. The summed E-state index contributed by atoms with van der Waals surface area (Å²) in [5, 5.41) is 5.52. The lowest BCUT2D eigenvalue weighted by atomic mass is 9.78. The molecule has 0 unspecified atom stereocenters. The standard InChI is InChI=1S/C15H16N4O2/c1-21-14-7-13(17-9-18-14)19-15(20)16-8-11-6-10-4-2-3-5-12(10)11/h2-5,7,9,11H,6,8H2,1H3,(H2,16,17,18,19,20)/t11-/m1/s1. The zero-order valence-electron chi connectivity index (χ0n) is 11.7. The molecule has 1 aromatic carbocycles. The first kappa shape index (κ1) is 13.4. The number of amides is 2. The van der Waals surface area contributed by atoms with E-state index >= 15 is 0 Å². The number of urea groups is 1. The van der Waals surface area contributed by atoms with Gasteiger partial charge in [-0.2, -0.15) is 0 Å². The van der Waals surface area contributed by atoms with Crippen molar-refractivity contribution in [2.75, 3.05) is 19.0 Å². The highest BCUT2D eigenvalue weighted by atomic mass is 16.5. The highest BCUT2D eigenvalue weighted by Crippen LogP contribution is 2.33. The van der Waals surface area contributed by atoms with Gasteiger partial charge >= 0.3 is 6.03 Å². The predicted octanol–water partition coefficient (Wildman–Crippen LogP) is 1.95. The SMILES string of the molecule is COc1cc(NC(=O)NC[C@H]2Cc3ccccc32)ncn1. The second-order valence-electron chi connectivity index (χ2n) is 4.88. The van der Waals surface area contributed by atoms with Crippen LogP contribution in [-0.4, -0.2) is 29.7 Å². The molecule has 2 N–H and O–H groups in total. The molecule has 0 radical (unpaired) electrons. The molecule has 1 atom stereocenters. The summed E-state index contributed by atoms with van der Waals surface area (Å²) in [6.07, 6.45) is 2.36. The van der Waals surface area contributed by atoms with E-state index in [-0.39, 0.29) is 6.03 Å². The Morgan fingerprint density at radius 1 is 1.38 bits per heavy atom. The number of aromatic nitrogens is 2. The van der Waals surface area contributed by atoms with Crippen molar-refractivity contribution in [2.45, 2.75) is 12.3 Å². The molecule has 0 saturated carbocycles. The summed E-state index contributed by atoms with van der Waals surface area (Å²) in [5.74, 6) is 1.22. The number of rotatable bonds is 4. The number of anilines is 1. The van der Waals surface area contributed by atoms with Crippen molar-refractivity contribution in [3.63, 3.8) is 0 Å². The number of benzene rings is 1. The van der Waals surface area contributed by atoms with Crippen LogP contribution in [0.25, 0.3) is 0 Å². The van der Waals surface area contributed by atoms with Gasteiger partial charge in [-0.05, 0) is 17.5 Å². The summed E-state index contributed by atoms with van der Waals surface area (Å²) in [6, 6.07) is 9.59. The van der Waals surface area contributed by atoms with Gasteiger partial charge in [-0.15, -0.1) is 0 Å². The first-order chi connectivity index (χ1) is 10.3. The first-order valence-electron chi connectivity index (χ1n) is 6.75. The molecule has 108 valence electrons. The van der Waals surface area contributed by atoms with E-state index in [4.69, 9.17) is 4.74 Å². The van der Waals surface area contributed by atoms with Gasteiger partial charge in [0.15, 0.2) is 0 Å². The number of carbonyl (C=O) groups is 1. The van der Waals surface area contributed by atoms with Crippen molar-refractivity contribution in [3.8, 4) is 5.88 Å². The van der Waals surface area contributed by atoms with Gasteiger partial charge in [-0.3, -0.25) is 5.32 Å². The van der Waals surface area contributed by atoms with Gasteiger partial charge in [0.1, 0.15) is 12.1 Å². The van der Waals surface area contributed by atoms with Crippen LogP contribution in [0, 0.1) is 0 Å². The minimum Gasteiger partial charge on any atom is -0.481 e. The molecule has 1 aliphatic rings. The van der Waals surface area contributed by atoms with Crippen LogP contribution in [0.4, 0.5) is 10.6 Å². The molecule has 6 heteroatoms. The lowest BCUT2D eigenvalue weighted by molar-refractivity contribution is 0.251. The minimum absolute atomic E-state index is 0.278. The van der Waals surface area contributed by atoms with Gasteiger partial charge in [0.25, 0.3) is 0 Å². The van der Waals surface area contributed by atoms with Gasteiger partial charge < -0.3 is 10.1 Å². The van der Waals surface area contributed by atoms with Crippen LogP contribution in [0.15, 0.2) is 36.7 Å². The maximum atomic E-state index is 11.8. The molecule has 1 aliphatic carbocycles. The number of nitrogens with one attached hydrogen (secondary N) is 2. The number of carbonyl (C=O) groups excluding carboxylic acids is 1. The van der Waals surface area contributed by atoms with Crippen molar-refractivity contribution in [1.82, 2.24) is 15.3 Å². The molecule has 0 saturated heterocycles. The zero-order chi connectivity index (χ0) is 14.7. The molecule has 21 heavy (non-hydrogen) atoms. The lowest BCUT2D eigenvalue weighted by Gasteiger charge is -2.30. The van der Waals surface area contributed by atoms with Crippen LogP contribution in [0.5, 0.6) is 5.88 Å². The van der Waals surface area contributed by atoms with Crippen LogP contribution in [-0.2, 0) is 6.42 Å². The highest BCUT2D eigenvalue weighted by molar-refractivity contribution is 5.88. The van der Waals surface area contributed by atoms with Gasteiger partial charge in [-0.25, -0.2) is 14.8 Å². The Balaban J connectivity index is 1.51. The number of methoxy groups -OCH3 is 1. The number of hydrogen-bond acceptors (Lipinski definition) is 4. The summed E-state index contributed by atoms with van der Waals surface area (Å²) in [6.45, 7) is 0.616. The summed E-state index contributed by atoms with van der Waals surface area (Å²) in [5.41, 5.74) is 2.69. The summed E-state index contributed by atoms with van der Waals surface area (Å²) in [7, 11) is 1.51. The van der Waals surface area contributed by atoms with E-state index in [0.717, 1.165) is 6.42 Å². The van der Waals surface area contributed by atoms with Gasteiger partial charge in [0.2, 0.25) is 5.88 Å². The minimum atomic E-state index is -0.278. The van der Waals surface area contributed by atoms with E-state index in [1.165, 1.54) is 24.6 Å². The van der Waals surface area contributed by atoms with Gasteiger partial charge in [0, 0.05) is 18.5 Å². The molecule has 0 spiro atoms. The quantitative estimate of drug-likeness (QED) is 0.899. The predicted molar refractivity (Wildman–Crippen MR) is 78.5 cm³/mol. The van der Waals surface area contributed by atoms with Crippen LogP contribution in [0.1, 0.15) is 17.0 Å². The third-order valence-corrected chi connectivity index (χ3v) is 3.56. The zero-order valence-corrected chi connectivity index (χ0v) is 11.7. The number of hydrogen-bond donors (Lipinski definition) is 2. The monoisotopic (exact) mass is 284 g/mol. The maximum Gasteiger partial charge on any atom is 0.320 e. The largest absolute Gasteiger partial charge is 0.481 e. The van der Waals surface area contributed by atoms with Gasteiger partial charge in [0.05, 0.1) is 7.11 Å². The Hall–Kier alpha value is -2.63. The van der Waals surface area contributed by atoms with Crippen LogP contribution in [0.3, 0.4) is 0 Å². The average molecular weight is 284 g/mol. The van der Waals surface area contributed by atoms with Crippen molar-refractivity contribution < 1.29 is 9.53 Å². The number of nitrogens with zero attached hydrogens (tertiary/aromatic N) is 2. The topological polar surface area (TPSA) is 76.1 Å². The van der Waals surface area contributed by atoms with Gasteiger partial charge in [-0.1, -0.05) is 24.3 Å². The van der Waals surface area contributed by atoms with E-state index in [2.05, 4.69) is 32.7 Å². The Bertz CT molecular complexity index is 660. The normalized spacial score (nSPS) is 15.6. The summed E-state index contributed by atoms with van der Waals surface area (Å²) < 4.78 is 4.98. The molecular formula is C15H16N4O2. The lowest BCUT2D eigenvalue weighted by Crippen LogP contribution is -2.36. The third-order valence-electron chi connectivity index (χ3n) is 3.56. The summed E-state index contributed by atoms with van der Waals surface area (Å²) in [4.78, 5) is 19.7. The van der Waals surface area contributed by atoms with Crippen molar-refractivity contribution in [3.05, 3.63) is 47.8 Å². The van der Waals surface area contributed by atoms with E-state index in [9.17, 15) is 4.79 Å². The second-order valence-corrected chi connectivity index (χ2v) is 4.88. The first-order valence-corrected chi connectivity index (χ1v) is 6.75. The van der Waals surface area contributed by atoms with E-state index in [1.807, 2.05) is 12.1 Å². The molecule has 1 aromatic heterocycles. The van der Waals surface area contributed by atoms with Crippen molar-refractivity contribution in [1.29, 1.82) is 0 Å². The van der Waals surface area contributed by atoms with Crippen molar-refractivity contribution in [2.24, 2.45) is 0 Å². The average Bonchev–Trinajstić information content (AvgIpc) is 2.48. The molecule has 0 bridgehead atoms. The van der Waals surface area contributed by atoms with E-state index in [0.29, 0.717) is 24.2 Å².